The molecular formula is C21H25ClN6O4S. The Morgan fingerprint density at radius 1 is 1.15 bits per heavy atom. The molecule has 0 atom stereocenters. The monoisotopic (exact) mass is 492 g/mol. The summed E-state index contributed by atoms with van der Waals surface area (Å²) in [6.07, 6.45) is 3.03. The third-order valence-electron chi connectivity index (χ3n) is 5.69. The van der Waals surface area contributed by atoms with Gasteiger partial charge in [0, 0.05) is 44.4 Å². The second kappa shape index (κ2) is 9.16. The third-order valence-corrected chi connectivity index (χ3v) is 8.11. The van der Waals surface area contributed by atoms with Gasteiger partial charge in [-0.2, -0.15) is 14.5 Å². The summed E-state index contributed by atoms with van der Waals surface area (Å²) in [6.45, 7) is 4.74. The maximum Gasteiger partial charge on any atom is 0.274 e. The molecule has 1 aliphatic rings. The molecule has 2 aromatic heterocycles. The summed E-state index contributed by atoms with van der Waals surface area (Å²) < 4.78 is 36.0. The Labute approximate surface area is 197 Å². The van der Waals surface area contributed by atoms with Crippen molar-refractivity contribution in [1.29, 1.82) is 0 Å². The lowest BCUT2D eigenvalue weighted by Crippen LogP contribution is -2.50. The number of piperazine rings is 1. The van der Waals surface area contributed by atoms with Gasteiger partial charge in [0.05, 0.1) is 11.9 Å². The van der Waals surface area contributed by atoms with Crippen LogP contribution in [0, 0.1) is 13.8 Å². The SMILES string of the molecule is Cc1cc(OCn2ccc(C(=O)N3CCN(S(=O)(=O)c4cnn(C)c4C)CC3)n2)ccc1Cl. The van der Waals surface area contributed by atoms with Crippen molar-refractivity contribution in [3.05, 3.63) is 58.6 Å². The van der Waals surface area contributed by atoms with Crippen molar-refractivity contribution in [3.63, 3.8) is 0 Å². The van der Waals surface area contributed by atoms with Gasteiger partial charge in [-0.1, -0.05) is 11.6 Å². The minimum atomic E-state index is -3.65. The second-order valence-electron chi connectivity index (χ2n) is 7.84. The van der Waals surface area contributed by atoms with Crippen molar-refractivity contribution < 1.29 is 17.9 Å². The normalized spacial score (nSPS) is 15.1. The van der Waals surface area contributed by atoms with Crippen molar-refractivity contribution in [2.75, 3.05) is 26.2 Å². The predicted octanol–water partition coefficient (Wildman–Crippen LogP) is 2.07. The fourth-order valence-electron chi connectivity index (χ4n) is 3.56. The molecule has 0 bridgehead atoms. The summed E-state index contributed by atoms with van der Waals surface area (Å²) in [6, 6.07) is 6.99. The minimum absolute atomic E-state index is 0.144. The van der Waals surface area contributed by atoms with Crippen LogP contribution in [-0.4, -0.2) is 69.3 Å². The summed E-state index contributed by atoms with van der Waals surface area (Å²) >= 11 is 6.03. The number of amides is 1. The topological polar surface area (TPSA) is 103 Å². The quantitative estimate of drug-likeness (QED) is 0.522. The van der Waals surface area contributed by atoms with Crippen LogP contribution in [0.3, 0.4) is 0 Å². The Balaban J connectivity index is 1.35. The van der Waals surface area contributed by atoms with Crippen molar-refractivity contribution >= 4 is 27.5 Å². The first kappa shape index (κ1) is 23.3. The number of carbonyl (C=O) groups excluding carboxylic acids is 1. The largest absolute Gasteiger partial charge is 0.471 e. The number of sulfonamides is 1. The zero-order chi connectivity index (χ0) is 23.8. The van der Waals surface area contributed by atoms with Gasteiger partial charge in [0.25, 0.3) is 5.91 Å². The van der Waals surface area contributed by atoms with E-state index >= 15 is 0 Å². The van der Waals surface area contributed by atoms with E-state index in [0.29, 0.717) is 16.5 Å². The highest BCUT2D eigenvalue weighted by molar-refractivity contribution is 7.89. The lowest BCUT2D eigenvalue weighted by atomic mass is 10.2. The Morgan fingerprint density at radius 3 is 2.52 bits per heavy atom. The average Bonchev–Trinajstić information content (AvgIpc) is 3.41. The minimum Gasteiger partial charge on any atom is -0.471 e. The molecule has 176 valence electrons. The summed E-state index contributed by atoms with van der Waals surface area (Å²) in [4.78, 5) is 14.7. The second-order valence-corrected chi connectivity index (χ2v) is 10.2. The summed E-state index contributed by atoms with van der Waals surface area (Å²) in [5.74, 6) is 0.409. The van der Waals surface area contributed by atoms with Crippen LogP contribution in [0.2, 0.25) is 5.02 Å². The van der Waals surface area contributed by atoms with Gasteiger partial charge < -0.3 is 9.64 Å². The molecule has 1 fully saturated rings. The van der Waals surface area contributed by atoms with Crippen LogP contribution in [0.4, 0.5) is 0 Å². The first-order valence-corrected chi connectivity index (χ1v) is 12.2. The first-order chi connectivity index (χ1) is 15.7. The van der Waals surface area contributed by atoms with Crippen LogP contribution in [0.1, 0.15) is 21.7 Å². The Hall–Kier alpha value is -2.89. The molecule has 3 heterocycles. The lowest BCUT2D eigenvalue weighted by molar-refractivity contribution is 0.0690. The Morgan fingerprint density at radius 2 is 1.88 bits per heavy atom. The van der Waals surface area contributed by atoms with E-state index in [2.05, 4.69) is 10.2 Å². The number of hydrogen-bond donors (Lipinski definition) is 0. The molecule has 0 spiro atoms. The van der Waals surface area contributed by atoms with Crippen molar-refractivity contribution in [2.45, 2.75) is 25.5 Å². The van der Waals surface area contributed by atoms with Gasteiger partial charge in [0.15, 0.2) is 12.4 Å². The van der Waals surface area contributed by atoms with E-state index in [1.165, 1.54) is 19.9 Å². The van der Waals surface area contributed by atoms with Gasteiger partial charge in [0.2, 0.25) is 10.0 Å². The first-order valence-electron chi connectivity index (χ1n) is 10.4. The molecule has 1 saturated heterocycles. The zero-order valence-electron chi connectivity index (χ0n) is 18.6. The number of nitrogens with zero attached hydrogens (tertiary/aromatic N) is 6. The summed E-state index contributed by atoms with van der Waals surface area (Å²) in [7, 11) is -1.95. The molecule has 3 aromatic rings. The standard InChI is InChI=1S/C21H25ClN6O4S/c1-15-12-17(4-5-18(15)22)32-14-27-7-6-19(24-27)21(29)26-8-10-28(11-9-26)33(30,31)20-13-23-25(3)16(20)2/h4-7,12-13H,8-11,14H2,1-3H3. The molecule has 1 amide bonds. The van der Waals surface area contributed by atoms with Crippen LogP contribution in [0.15, 0.2) is 41.6 Å². The fraction of sp³-hybridized carbons (Fsp3) is 0.381. The smallest absolute Gasteiger partial charge is 0.274 e. The Kier molecular flexibility index (Phi) is 6.46. The molecule has 10 nitrogen and oxygen atoms in total. The predicted molar refractivity (Wildman–Crippen MR) is 122 cm³/mol. The van der Waals surface area contributed by atoms with Gasteiger partial charge in [-0.25, -0.2) is 13.1 Å². The van der Waals surface area contributed by atoms with Gasteiger partial charge in [0.1, 0.15) is 10.6 Å². The van der Waals surface area contributed by atoms with Crippen molar-refractivity contribution in [2.24, 2.45) is 7.05 Å². The van der Waals surface area contributed by atoms with Crippen LogP contribution < -0.4 is 4.74 Å². The maximum atomic E-state index is 12.9. The molecule has 0 N–H and O–H groups in total. The molecule has 33 heavy (non-hydrogen) atoms. The molecule has 12 heteroatoms. The number of aryl methyl sites for hydroxylation is 2. The number of hydrogen-bond acceptors (Lipinski definition) is 6. The number of benzene rings is 1. The molecule has 0 radical (unpaired) electrons. The highest BCUT2D eigenvalue weighted by Gasteiger charge is 2.33. The Bertz CT molecular complexity index is 1280. The van der Waals surface area contributed by atoms with Crippen molar-refractivity contribution in [3.8, 4) is 5.75 Å². The van der Waals surface area contributed by atoms with Crippen LogP contribution in [-0.2, 0) is 23.8 Å². The highest BCUT2D eigenvalue weighted by atomic mass is 35.5. The van der Waals surface area contributed by atoms with E-state index in [-0.39, 0.29) is 49.4 Å². The van der Waals surface area contributed by atoms with Crippen LogP contribution in [0.5, 0.6) is 5.75 Å². The van der Waals surface area contributed by atoms with E-state index < -0.39 is 10.0 Å². The molecule has 0 unspecified atom stereocenters. The number of carbonyl (C=O) groups is 1. The third kappa shape index (κ3) is 4.75. The molecule has 1 aliphatic heterocycles. The van der Waals surface area contributed by atoms with Crippen LogP contribution >= 0.6 is 11.6 Å². The van der Waals surface area contributed by atoms with Gasteiger partial charge in [-0.3, -0.25) is 9.48 Å². The zero-order valence-corrected chi connectivity index (χ0v) is 20.2. The van der Waals surface area contributed by atoms with Crippen molar-refractivity contribution in [1.82, 2.24) is 28.8 Å². The van der Waals surface area contributed by atoms with E-state index in [0.717, 1.165) is 5.56 Å². The number of rotatable bonds is 6. The van der Waals surface area contributed by atoms with E-state index in [1.807, 2.05) is 13.0 Å². The molecular weight excluding hydrogens is 468 g/mol. The number of aromatic nitrogens is 4. The van der Waals surface area contributed by atoms with Gasteiger partial charge in [-0.05, 0) is 43.7 Å². The molecule has 1 aromatic carbocycles. The molecule has 0 aliphatic carbocycles. The average molecular weight is 493 g/mol. The highest BCUT2D eigenvalue weighted by Crippen LogP contribution is 2.22. The van der Waals surface area contributed by atoms with E-state index in [1.54, 1.807) is 43.3 Å². The lowest BCUT2D eigenvalue weighted by Gasteiger charge is -2.33. The molecule has 4 rings (SSSR count). The van der Waals surface area contributed by atoms with E-state index in [4.69, 9.17) is 16.3 Å². The van der Waals surface area contributed by atoms with Gasteiger partial charge in [-0.15, -0.1) is 0 Å². The summed E-state index contributed by atoms with van der Waals surface area (Å²) in [5.41, 5.74) is 1.77. The fourth-order valence-corrected chi connectivity index (χ4v) is 5.29. The maximum absolute atomic E-state index is 12.9. The summed E-state index contributed by atoms with van der Waals surface area (Å²) in [5, 5.41) is 8.99. The number of halogens is 1. The van der Waals surface area contributed by atoms with E-state index in [9.17, 15) is 13.2 Å². The number of ether oxygens (including phenoxy) is 1. The van der Waals surface area contributed by atoms with Gasteiger partial charge >= 0.3 is 0 Å². The van der Waals surface area contributed by atoms with Crippen LogP contribution in [0.25, 0.3) is 0 Å². The molecule has 0 saturated carbocycles.